The van der Waals surface area contributed by atoms with Gasteiger partial charge in [0.25, 0.3) is 0 Å². The summed E-state index contributed by atoms with van der Waals surface area (Å²) in [6, 6.07) is 3.22. The van der Waals surface area contributed by atoms with Crippen molar-refractivity contribution in [2.24, 2.45) is 0 Å². The first kappa shape index (κ1) is 15.6. The summed E-state index contributed by atoms with van der Waals surface area (Å²) in [5.41, 5.74) is 0. The fourth-order valence-corrected chi connectivity index (χ4v) is 2.52. The van der Waals surface area contributed by atoms with Crippen LogP contribution in [-0.2, 0) is 24.3 Å². The monoisotopic (exact) mass is 325 g/mol. The van der Waals surface area contributed by atoms with Gasteiger partial charge in [-0.25, -0.2) is 14.6 Å². The Morgan fingerprint density at radius 1 is 1.43 bits per heavy atom. The average molecular weight is 325 g/mol. The van der Waals surface area contributed by atoms with E-state index >= 15 is 0 Å². The lowest BCUT2D eigenvalue weighted by Crippen LogP contribution is -2.32. The van der Waals surface area contributed by atoms with Gasteiger partial charge in [0.1, 0.15) is 24.0 Å². The van der Waals surface area contributed by atoms with E-state index in [2.05, 4.69) is 25.1 Å². The van der Waals surface area contributed by atoms with Gasteiger partial charge in [0.2, 0.25) is 0 Å². The second-order valence-corrected chi connectivity index (χ2v) is 5.20. The number of alkyl halides is 2. The third-order valence-electron chi connectivity index (χ3n) is 3.49. The smallest absolute Gasteiger partial charge is 0.387 e. The molecule has 124 valence electrons. The largest absolute Gasteiger partial charge is 0.433 e. The van der Waals surface area contributed by atoms with E-state index in [1.807, 2.05) is 4.68 Å². The first-order valence-corrected chi connectivity index (χ1v) is 7.23. The lowest BCUT2D eigenvalue weighted by Gasteiger charge is -2.24. The molecule has 2 aromatic rings. The molecule has 0 fully saturated rings. The molecule has 0 bridgehead atoms. The summed E-state index contributed by atoms with van der Waals surface area (Å²) in [5.74, 6) is 2.27. The van der Waals surface area contributed by atoms with Crippen molar-refractivity contribution in [2.75, 3.05) is 12.4 Å². The fourth-order valence-electron chi connectivity index (χ4n) is 2.52. The molecular weight excluding hydrogens is 308 g/mol. The molecule has 0 saturated heterocycles. The maximum atomic E-state index is 12.1. The molecule has 1 aliphatic heterocycles. The average Bonchev–Trinajstić information content (AvgIpc) is 2.91. The second kappa shape index (κ2) is 6.86. The maximum absolute atomic E-state index is 12.1. The lowest BCUT2D eigenvalue weighted by molar-refractivity contribution is -0.0500. The number of halogens is 2. The number of rotatable bonds is 6. The molecule has 2 aromatic heterocycles. The van der Waals surface area contributed by atoms with E-state index in [1.165, 1.54) is 12.3 Å². The minimum absolute atomic E-state index is 0.0389. The van der Waals surface area contributed by atoms with Crippen LogP contribution in [-0.4, -0.2) is 39.5 Å². The van der Waals surface area contributed by atoms with Gasteiger partial charge in [0.05, 0.1) is 12.7 Å². The van der Waals surface area contributed by atoms with Crippen molar-refractivity contribution < 1.29 is 18.3 Å². The first-order chi connectivity index (χ1) is 11.1. The van der Waals surface area contributed by atoms with Crippen LogP contribution in [0.15, 0.2) is 18.3 Å². The highest BCUT2D eigenvalue weighted by Crippen LogP contribution is 2.19. The Kier molecular flexibility index (Phi) is 4.65. The molecule has 0 spiro atoms. The number of pyridine rings is 1. The molecule has 0 aliphatic carbocycles. The summed E-state index contributed by atoms with van der Waals surface area (Å²) in [6.45, 7) is -1.78. The highest BCUT2D eigenvalue weighted by molar-refractivity contribution is 5.38. The number of hydrogen-bond acceptors (Lipinski definition) is 6. The van der Waals surface area contributed by atoms with Crippen LogP contribution in [0.2, 0.25) is 0 Å². The number of ether oxygens (including phenoxy) is 2. The van der Waals surface area contributed by atoms with Gasteiger partial charge in [-0.1, -0.05) is 0 Å². The van der Waals surface area contributed by atoms with Gasteiger partial charge >= 0.3 is 6.61 Å². The van der Waals surface area contributed by atoms with Crippen LogP contribution in [0.3, 0.4) is 0 Å². The molecule has 23 heavy (non-hydrogen) atoms. The molecule has 0 unspecified atom stereocenters. The van der Waals surface area contributed by atoms with Gasteiger partial charge in [-0.05, 0) is 18.6 Å². The molecule has 3 heterocycles. The van der Waals surface area contributed by atoms with Gasteiger partial charge in [-0.15, -0.1) is 0 Å². The molecule has 0 radical (unpaired) electrons. The molecule has 1 atom stereocenters. The fraction of sp³-hybridized carbons (Fsp3) is 0.500. The molecule has 7 nitrogen and oxygen atoms in total. The van der Waals surface area contributed by atoms with Crippen molar-refractivity contribution in [1.29, 1.82) is 0 Å². The number of fused-ring (bicyclic) bond motifs is 1. The summed E-state index contributed by atoms with van der Waals surface area (Å²) in [4.78, 5) is 8.50. The van der Waals surface area contributed by atoms with Crippen LogP contribution >= 0.6 is 0 Å². The Morgan fingerprint density at radius 3 is 3.00 bits per heavy atom. The van der Waals surface area contributed by atoms with Gasteiger partial charge in [0, 0.05) is 19.6 Å². The minimum atomic E-state index is -2.85. The Morgan fingerprint density at radius 2 is 2.30 bits per heavy atom. The molecule has 0 aromatic carbocycles. The number of methoxy groups -OCH3 is 1. The molecule has 1 aliphatic rings. The number of aromatic nitrogens is 4. The SMILES string of the molecule is COCc1nc2n(n1)C[C@@H](Nc1ccc(OC(F)F)cn1)CC2. The highest BCUT2D eigenvalue weighted by atomic mass is 19.3. The quantitative estimate of drug-likeness (QED) is 0.874. The van der Waals surface area contributed by atoms with Crippen molar-refractivity contribution in [3.8, 4) is 5.75 Å². The van der Waals surface area contributed by atoms with Gasteiger partial charge < -0.3 is 14.8 Å². The van der Waals surface area contributed by atoms with E-state index in [1.54, 1.807) is 13.2 Å². The molecular formula is C14H17F2N5O2. The number of nitrogens with one attached hydrogen (secondary N) is 1. The Balaban J connectivity index is 1.60. The Bertz CT molecular complexity index is 647. The zero-order valence-electron chi connectivity index (χ0n) is 12.6. The number of nitrogens with zero attached hydrogens (tertiary/aromatic N) is 4. The van der Waals surface area contributed by atoms with Crippen molar-refractivity contribution in [3.63, 3.8) is 0 Å². The molecule has 1 N–H and O–H groups in total. The summed E-state index contributed by atoms with van der Waals surface area (Å²) in [7, 11) is 1.61. The van der Waals surface area contributed by atoms with Crippen LogP contribution in [0.1, 0.15) is 18.1 Å². The van der Waals surface area contributed by atoms with Crippen molar-refractivity contribution in [2.45, 2.75) is 38.6 Å². The maximum Gasteiger partial charge on any atom is 0.387 e. The van der Waals surface area contributed by atoms with Crippen LogP contribution in [0.4, 0.5) is 14.6 Å². The third kappa shape index (κ3) is 3.92. The molecule has 3 rings (SSSR count). The van der Waals surface area contributed by atoms with E-state index < -0.39 is 6.61 Å². The zero-order valence-corrected chi connectivity index (χ0v) is 12.6. The minimum Gasteiger partial charge on any atom is -0.433 e. The standard InChI is InChI=1S/C14H17F2N5O2/c1-22-8-12-19-13-5-2-9(7-21(13)20-12)18-11-4-3-10(6-17-11)23-14(15)16/h3-4,6,9,14H,2,5,7-8H2,1H3,(H,17,18)/t9-/m0/s1. The van der Waals surface area contributed by atoms with Crippen LogP contribution in [0, 0.1) is 0 Å². The summed E-state index contributed by atoms with van der Waals surface area (Å²) < 4.78 is 35.4. The van der Waals surface area contributed by atoms with Gasteiger partial charge in [-0.3, -0.25) is 0 Å². The third-order valence-corrected chi connectivity index (χ3v) is 3.49. The predicted octanol–water partition coefficient (Wildman–Crippen LogP) is 1.85. The lowest BCUT2D eigenvalue weighted by atomic mass is 10.1. The van der Waals surface area contributed by atoms with Crippen molar-refractivity contribution in [3.05, 3.63) is 30.0 Å². The molecule has 0 amide bonds. The van der Waals surface area contributed by atoms with Crippen LogP contribution in [0.25, 0.3) is 0 Å². The number of hydrogen-bond donors (Lipinski definition) is 1. The summed E-state index contributed by atoms with van der Waals surface area (Å²) in [5, 5.41) is 7.67. The second-order valence-electron chi connectivity index (χ2n) is 5.20. The summed E-state index contributed by atoms with van der Waals surface area (Å²) in [6.07, 6.45) is 2.97. The molecule has 0 saturated carbocycles. The normalized spacial score (nSPS) is 17.1. The van der Waals surface area contributed by atoms with Gasteiger partial charge in [-0.2, -0.15) is 13.9 Å². The van der Waals surface area contributed by atoms with E-state index in [4.69, 9.17) is 4.74 Å². The first-order valence-electron chi connectivity index (χ1n) is 7.23. The Hall–Kier alpha value is -2.29. The van der Waals surface area contributed by atoms with E-state index in [9.17, 15) is 8.78 Å². The van der Waals surface area contributed by atoms with Crippen LogP contribution in [0.5, 0.6) is 5.75 Å². The van der Waals surface area contributed by atoms with Gasteiger partial charge in [0.15, 0.2) is 5.82 Å². The highest BCUT2D eigenvalue weighted by Gasteiger charge is 2.21. The van der Waals surface area contributed by atoms with E-state index in [-0.39, 0.29) is 11.8 Å². The zero-order chi connectivity index (χ0) is 16.2. The number of anilines is 1. The van der Waals surface area contributed by atoms with Crippen molar-refractivity contribution >= 4 is 5.82 Å². The van der Waals surface area contributed by atoms with Crippen LogP contribution < -0.4 is 10.1 Å². The molecule has 9 heteroatoms. The summed E-state index contributed by atoms with van der Waals surface area (Å²) >= 11 is 0. The van der Waals surface area contributed by atoms with E-state index in [0.29, 0.717) is 24.8 Å². The predicted molar refractivity (Wildman–Crippen MR) is 77.3 cm³/mol. The topological polar surface area (TPSA) is 74.1 Å². The number of aryl methyl sites for hydroxylation is 1. The Labute approximate surface area is 131 Å². The van der Waals surface area contributed by atoms with Crippen molar-refractivity contribution in [1.82, 2.24) is 19.7 Å². The van der Waals surface area contributed by atoms with E-state index in [0.717, 1.165) is 18.7 Å².